The summed E-state index contributed by atoms with van der Waals surface area (Å²) in [5, 5.41) is 4.03. The van der Waals surface area contributed by atoms with Crippen molar-refractivity contribution >= 4 is 12.4 Å². The van der Waals surface area contributed by atoms with Crippen LogP contribution in [0.5, 0.6) is 5.75 Å². The molecule has 9 heteroatoms. The number of halogens is 3. The third-order valence-corrected chi connectivity index (χ3v) is 2.74. The first kappa shape index (κ1) is 18.7. The van der Waals surface area contributed by atoms with Gasteiger partial charge in [0.25, 0.3) is 0 Å². The second-order valence-corrected chi connectivity index (χ2v) is 4.65. The van der Waals surface area contributed by atoms with Crippen molar-refractivity contribution in [2.75, 3.05) is 0 Å². The van der Waals surface area contributed by atoms with E-state index in [-0.39, 0.29) is 69.8 Å². The van der Waals surface area contributed by atoms with Gasteiger partial charge >= 0.3 is 58.4 Å². The normalized spacial score (nSPS) is 11.3. The molecule has 0 aliphatic heterocycles. The van der Waals surface area contributed by atoms with Crippen molar-refractivity contribution in [3.63, 3.8) is 0 Å². The number of nitrogens with zero attached hydrogens (tertiary/aromatic N) is 3. The maximum absolute atomic E-state index is 12.6. The molecule has 4 nitrogen and oxygen atoms in total. The average Bonchev–Trinajstić information content (AvgIpc) is 2.84. The molecular formula is C12H14BF3KN3O. The maximum Gasteiger partial charge on any atom is 1.00 e. The number of benzene rings is 1. The Bertz CT molecular complexity index is 589. The molecule has 0 spiro atoms. The van der Waals surface area contributed by atoms with Crippen LogP contribution >= 0.6 is 0 Å². The molecule has 1 aromatic carbocycles. The van der Waals surface area contributed by atoms with Crippen LogP contribution in [-0.4, -0.2) is 21.7 Å². The first-order valence-electron chi connectivity index (χ1n) is 6.19. The molecule has 0 aliphatic rings. The first-order chi connectivity index (χ1) is 9.38. The van der Waals surface area contributed by atoms with Gasteiger partial charge in [0.1, 0.15) is 18.7 Å². The van der Waals surface area contributed by atoms with Crippen molar-refractivity contribution in [3.8, 4) is 5.75 Å². The van der Waals surface area contributed by atoms with E-state index < -0.39 is 12.4 Å². The van der Waals surface area contributed by atoms with E-state index in [0.717, 1.165) is 12.1 Å². The van der Waals surface area contributed by atoms with Crippen LogP contribution in [0.1, 0.15) is 25.7 Å². The number of hydrogen-bond donors (Lipinski definition) is 0. The predicted molar refractivity (Wildman–Crippen MR) is 69.9 cm³/mol. The van der Waals surface area contributed by atoms with Gasteiger partial charge in [-0.1, -0.05) is 12.1 Å². The Kier molecular flexibility index (Phi) is 6.92. The molecule has 1 aromatic heterocycles. The molecule has 0 atom stereocenters. The van der Waals surface area contributed by atoms with Gasteiger partial charge in [-0.2, -0.15) is 5.10 Å². The fourth-order valence-electron chi connectivity index (χ4n) is 1.76. The molecule has 0 radical (unpaired) electrons. The molecule has 21 heavy (non-hydrogen) atoms. The average molecular weight is 323 g/mol. The molecule has 1 heterocycles. The Morgan fingerprint density at radius 2 is 2.00 bits per heavy atom. The van der Waals surface area contributed by atoms with Crippen LogP contribution in [0.4, 0.5) is 12.9 Å². The van der Waals surface area contributed by atoms with Gasteiger partial charge in [0, 0.05) is 6.04 Å². The first-order valence-corrected chi connectivity index (χ1v) is 6.19. The van der Waals surface area contributed by atoms with Crippen molar-refractivity contribution in [1.82, 2.24) is 14.8 Å². The van der Waals surface area contributed by atoms with Crippen LogP contribution < -0.4 is 61.6 Å². The molecule has 108 valence electrons. The largest absolute Gasteiger partial charge is 1.00 e. The van der Waals surface area contributed by atoms with Crippen molar-refractivity contribution in [3.05, 3.63) is 36.4 Å². The Morgan fingerprint density at radius 3 is 2.62 bits per heavy atom. The zero-order chi connectivity index (χ0) is 14.8. The number of hydrogen-bond acceptors (Lipinski definition) is 3. The summed E-state index contributed by atoms with van der Waals surface area (Å²) in [5.41, 5.74) is -0.673. The van der Waals surface area contributed by atoms with Gasteiger partial charge in [-0.3, -0.25) is 0 Å². The fraction of sp³-hybridized carbons (Fsp3) is 0.333. The summed E-state index contributed by atoms with van der Waals surface area (Å²) < 4.78 is 44.9. The van der Waals surface area contributed by atoms with Crippen molar-refractivity contribution in [1.29, 1.82) is 0 Å². The van der Waals surface area contributed by atoms with E-state index in [1.165, 1.54) is 18.5 Å². The summed E-state index contributed by atoms with van der Waals surface area (Å²) in [7, 11) is 0. The van der Waals surface area contributed by atoms with Crippen LogP contribution in [0.25, 0.3) is 0 Å². The van der Waals surface area contributed by atoms with E-state index in [9.17, 15) is 12.9 Å². The Hall–Kier alpha value is -0.349. The van der Waals surface area contributed by atoms with Crippen molar-refractivity contribution in [2.45, 2.75) is 26.5 Å². The van der Waals surface area contributed by atoms with E-state index in [1.54, 1.807) is 4.68 Å². The zero-order valence-electron chi connectivity index (χ0n) is 12.1. The SMILES string of the molecule is CC(C)n1ncnc1COc1cccc([B-](F)(F)F)c1.[K+]. The second kappa shape index (κ2) is 7.78. The Balaban J connectivity index is 0.00000220. The van der Waals surface area contributed by atoms with E-state index in [4.69, 9.17) is 4.74 Å². The molecule has 0 saturated heterocycles. The minimum atomic E-state index is -5.02. The smallest absolute Gasteiger partial charge is 0.486 e. The summed E-state index contributed by atoms with van der Waals surface area (Å²) in [6.45, 7) is -1.07. The van der Waals surface area contributed by atoms with Gasteiger partial charge in [0.2, 0.25) is 0 Å². The molecule has 0 N–H and O–H groups in total. The van der Waals surface area contributed by atoms with Gasteiger partial charge in [-0.15, -0.1) is 5.46 Å². The standard InChI is InChI=1S/C12H14BF3N3O.K/c1-9(2)19-12(17-8-18-19)7-20-11-5-3-4-10(6-11)13(14,15)16;/h3-6,8-9H,7H2,1-2H3;/q-1;+1. The van der Waals surface area contributed by atoms with Crippen molar-refractivity contribution < 1.29 is 69.1 Å². The third-order valence-electron chi connectivity index (χ3n) is 2.74. The fourth-order valence-corrected chi connectivity index (χ4v) is 1.76. The van der Waals surface area contributed by atoms with Gasteiger partial charge in [0.15, 0.2) is 5.82 Å². The number of aromatic nitrogens is 3. The molecule has 0 amide bonds. The molecule has 2 rings (SSSR count). The van der Waals surface area contributed by atoms with E-state index in [2.05, 4.69) is 10.1 Å². The van der Waals surface area contributed by atoms with Gasteiger partial charge in [0.05, 0.1) is 0 Å². The molecule has 0 bridgehead atoms. The Labute approximate surface area is 163 Å². The monoisotopic (exact) mass is 323 g/mol. The third kappa shape index (κ3) is 5.10. The summed E-state index contributed by atoms with van der Waals surface area (Å²) in [6, 6.07) is 4.95. The maximum atomic E-state index is 12.6. The molecule has 0 fully saturated rings. The topological polar surface area (TPSA) is 39.9 Å². The van der Waals surface area contributed by atoms with E-state index >= 15 is 0 Å². The minimum absolute atomic E-state index is 0. The van der Waals surface area contributed by atoms with Gasteiger partial charge in [-0.05, 0) is 26.0 Å². The number of rotatable bonds is 5. The van der Waals surface area contributed by atoms with Crippen LogP contribution in [-0.2, 0) is 6.61 Å². The summed E-state index contributed by atoms with van der Waals surface area (Å²) in [5.74, 6) is 0.739. The number of ether oxygens (including phenoxy) is 1. The van der Waals surface area contributed by atoms with Crippen LogP contribution in [0, 0.1) is 0 Å². The van der Waals surface area contributed by atoms with Gasteiger partial charge in [-0.25, -0.2) is 9.67 Å². The zero-order valence-corrected chi connectivity index (χ0v) is 15.3. The Morgan fingerprint density at radius 1 is 1.29 bits per heavy atom. The predicted octanol–water partition coefficient (Wildman–Crippen LogP) is -0.504. The minimum Gasteiger partial charge on any atom is -0.486 e. The summed E-state index contributed by atoms with van der Waals surface area (Å²) >= 11 is 0. The summed E-state index contributed by atoms with van der Waals surface area (Å²) in [6.07, 6.45) is 1.40. The van der Waals surface area contributed by atoms with E-state index in [1.807, 2.05) is 13.8 Å². The summed E-state index contributed by atoms with van der Waals surface area (Å²) in [4.78, 5) is 4.03. The van der Waals surface area contributed by atoms with Gasteiger partial charge < -0.3 is 17.7 Å². The van der Waals surface area contributed by atoms with Crippen LogP contribution in [0.15, 0.2) is 30.6 Å². The molecule has 0 unspecified atom stereocenters. The van der Waals surface area contributed by atoms with Crippen molar-refractivity contribution in [2.24, 2.45) is 0 Å². The quantitative estimate of drug-likeness (QED) is 0.697. The molecule has 2 aromatic rings. The molecule has 0 aliphatic carbocycles. The second-order valence-electron chi connectivity index (χ2n) is 4.65. The molecule has 0 saturated carbocycles. The van der Waals surface area contributed by atoms with E-state index in [0.29, 0.717) is 5.82 Å². The van der Waals surface area contributed by atoms with Crippen LogP contribution in [0.2, 0.25) is 0 Å². The molecular weight excluding hydrogens is 309 g/mol. The van der Waals surface area contributed by atoms with Crippen LogP contribution in [0.3, 0.4) is 0 Å².